The number of carbonyl (C=O) groups excluding carboxylic acids is 1. The molecule has 4 heterocycles. The summed E-state index contributed by atoms with van der Waals surface area (Å²) in [4.78, 5) is 18.8. The van der Waals surface area contributed by atoms with Crippen LogP contribution in [0.2, 0.25) is 0 Å². The van der Waals surface area contributed by atoms with Gasteiger partial charge < -0.3 is 20.4 Å². The van der Waals surface area contributed by atoms with Gasteiger partial charge in [0.1, 0.15) is 5.52 Å². The number of carbonyl (C=O) groups is 1. The maximum atomic E-state index is 13.7. The highest BCUT2D eigenvalue weighted by Gasteiger charge is 2.35. The van der Waals surface area contributed by atoms with Gasteiger partial charge in [-0.05, 0) is 44.0 Å². The van der Waals surface area contributed by atoms with Crippen molar-refractivity contribution in [2.24, 2.45) is 5.92 Å². The zero-order chi connectivity index (χ0) is 15.3. The number of piperidine rings is 3. The first kappa shape index (κ1) is 16.0. The number of amides is 1. The van der Waals surface area contributed by atoms with E-state index in [-0.39, 0.29) is 41.5 Å². The molecule has 3 fully saturated rings. The van der Waals surface area contributed by atoms with Crippen molar-refractivity contribution in [3.63, 3.8) is 0 Å². The zero-order valence-electron chi connectivity index (χ0n) is 12.4. The minimum Gasteiger partial charge on any atom is -0.421 e. The molecule has 0 radical (unpaired) electrons. The van der Waals surface area contributed by atoms with Crippen molar-refractivity contribution >= 4 is 35.4 Å². The zero-order valence-corrected chi connectivity index (χ0v) is 13.2. The molecule has 0 unspecified atom stereocenters. The van der Waals surface area contributed by atoms with Crippen LogP contribution in [0.4, 0.5) is 10.4 Å². The molecule has 0 aliphatic carbocycles. The fourth-order valence-corrected chi connectivity index (χ4v) is 3.55. The number of hydrogen-bond acceptors (Lipinski definition) is 5. The number of nitrogen functional groups attached to an aromatic ring is 1. The molecular weight excluding hydrogens is 323 g/mol. The second-order valence-electron chi connectivity index (χ2n) is 6.04. The molecule has 1 amide bonds. The molecule has 1 atom stereocenters. The molecule has 8 heteroatoms. The van der Waals surface area contributed by atoms with Gasteiger partial charge in [0, 0.05) is 12.6 Å². The number of aromatic nitrogens is 1. The predicted molar refractivity (Wildman–Crippen MR) is 86.0 cm³/mol. The number of rotatable bonds is 2. The molecule has 1 aromatic heterocycles. The minimum atomic E-state index is -0.571. The van der Waals surface area contributed by atoms with Crippen LogP contribution in [-0.4, -0.2) is 41.5 Å². The first-order chi connectivity index (χ1) is 10.6. The van der Waals surface area contributed by atoms with E-state index >= 15 is 0 Å². The maximum absolute atomic E-state index is 13.7. The highest BCUT2D eigenvalue weighted by molar-refractivity contribution is 6.05. The lowest BCUT2D eigenvalue weighted by molar-refractivity contribution is 0.0621. The molecule has 3 N–H and O–H groups in total. The van der Waals surface area contributed by atoms with Crippen molar-refractivity contribution in [3.8, 4) is 0 Å². The SMILES string of the molecule is Cl.Nc1nc2c(C(=O)N[C@@H]3CN4CCC3CC4)ccc(F)c2o1. The number of fused-ring (bicyclic) bond motifs is 4. The van der Waals surface area contributed by atoms with Gasteiger partial charge in [-0.3, -0.25) is 4.79 Å². The molecule has 3 aliphatic heterocycles. The second kappa shape index (κ2) is 5.98. The summed E-state index contributed by atoms with van der Waals surface area (Å²) in [7, 11) is 0. The summed E-state index contributed by atoms with van der Waals surface area (Å²) in [5, 5.41) is 3.06. The van der Waals surface area contributed by atoms with Crippen molar-refractivity contribution in [3.05, 3.63) is 23.5 Å². The van der Waals surface area contributed by atoms with Gasteiger partial charge in [0.25, 0.3) is 11.9 Å². The van der Waals surface area contributed by atoms with E-state index in [9.17, 15) is 9.18 Å². The molecule has 6 nitrogen and oxygen atoms in total. The number of nitrogens with one attached hydrogen (secondary N) is 1. The van der Waals surface area contributed by atoms with Gasteiger partial charge in [-0.2, -0.15) is 4.98 Å². The first-order valence-corrected chi connectivity index (χ1v) is 7.49. The van der Waals surface area contributed by atoms with Gasteiger partial charge in [-0.15, -0.1) is 12.4 Å². The third-order valence-corrected chi connectivity index (χ3v) is 4.73. The van der Waals surface area contributed by atoms with E-state index in [0.717, 1.165) is 32.5 Å². The van der Waals surface area contributed by atoms with Crippen LogP contribution in [0.5, 0.6) is 0 Å². The average Bonchev–Trinajstić information content (AvgIpc) is 2.91. The lowest BCUT2D eigenvalue weighted by atomic mass is 9.84. The van der Waals surface area contributed by atoms with Crippen LogP contribution in [0.25, 0.3) is 11.1 Å². The van der Waals surface area contributed by atoms with E-state index in [1.54, 1.807) is 0 Å². The van der Waals surface area contributed by atoms with Crippen molar-refractivity contribution < 1.29 is 13.6 Å². The average molecular weight is 341 g/mol. The summed E-state index contributed by atoms with van der Waals surface area (Å²) in [6.45, 7) is 3.09. The van der Waals surface area contributed by atoms with Crippen molar-refractivity contribution in [2.45, 2.75) is 18.9 Å². The van der Waals surface area contributed by atoms with Gasteiger partial charge in [-0.1, -0.05) is 0 Å². The Bertz CT molecular complexity index is 742. The first-order valence-electron chi connectivity index (χ1n) is 7.49. The smallest absolute Gasteiger partial charge is 0.293 e. The Hall–Kier alpha value is -1.86. The molecule has 3 saturated heterocycles. The predicted octanol–water partition coefficient (Wildman–Crippen LogP) is 1.79. The molecule has 1 aromatic carbocycles. The molecule has 124 valence electrons. The Balaban J connectivity index is 0.00000156. The van der Waals surface area contributed by atoms with Crippen LogP contribution in [0.15, 0.2) is 16.5 Å². The third-order valence-electron chi connectivity index (χ3n) is 4.73. The van der Waals surface area contributed by atoms with Gasteiger partial charge in [0.05, 0.1) is 5.56 Å². The number of halogens is 2. The van der Waals surface area contributed by atoms with E-state index in [1.807, 2.05) is 0 Å². The Morgan fingerprint density at radius 1 is 1.39 bits per heavy atom. The fraction of sp³-hybridized carbons (Fsp3) is 0.467. The summed E-state index contributed by atoms with van der Waals surface area (Å²) in [6, 6.07) is 2.63. The van der Waals surface area contributed by atoms with Crippen LogP contribution < -0.4 is 11.1 Å². The summed E-state index contributed by atoms with van der Waals surface area (Å²) in [5.41, 5.74) is 5.89. The molecular formula is C15H18ClFN4O2. The monoisotopic (exact) mass is 340 g/mol. The standard InChI is InChI=1S/C15H17FN4O2.ClH/c16-10-2-1-9(12-13(10)22-15(17)19-12)14(21)18-11-7-20-5-3-8(11)4-6-20;/h1-2,8,11H,3-7H2,(H2,17,19)(H,18,21);1H/t11-;/m1./s1. The highest BCUT2D eigenvalue weighted by atomic mass is 35.5. The van der Waals surface area contributed by atoms with Crippen LogP contribution in [0.3, 0.4) is 0 Å². The molecule has 2 bridgehead atoms. The minimum absolute atomic E-state index is 0. The summed E-state index contributed by atoms with van der Waals surface area (Å²) >= 11 is 0. The number of benzene rings is 1. The van der Waals surface area contributed by atoms with E-state index in [2.05, 4.69) is 15.2 Å². The van der Waals surface area contributed by atoms with E-state index < -0.39 is 5.82 Å². The Labute approximate surface area is 138 Å². The largest absolute Gasteiger partial charge is 0.421 e. The van der Waals surface area contributed by atoms with E-state index in [0.29, 0.717) is 11.5 Å². The van der Waals surface area contributed by atoms with Gasteiger partial charge in [0.2, 0.25) is 0 Å². The molecule has 2 aromatic rings. The lowest BCUT2D eigenvalue weighted by Crippen LogP contribution is -2.57. The maximum Gasteiger partial charge on any atom is 0.293 e. The van der Waals surface area contributed by atoms with E-state index in [1.165, 1.54) is 12.1 Å². The van der Waals surface area contributed by atoms with E-state index in [4.69, 9.17) is 10.2 Å². The summed E-state index contributed by atoms with van der Waals surface area (Å²) in [6.07, 6.45) is 2.22. The van der Waals surface area contributed by atoms with Crippen LogP contribution >= 0.6 is 12.4 Å². The lowest BCUT2D eigenvalue weighted by Gasteiger charge is -2.44. The number of anilines is 1. The molecule has 3 aliphatic rings. The summed E-state index contributed by atoms with van der Waals surface area (Å²) in [5.74, 6) is -0.303. The Morgan fingerprint density at radius 3 is 2.78 bits per heavy atom. The topological polar surface area (TPSA) is 84.4 Å². The van der Waals surface area contributed by atoms with Gasteiger partial charge in [0.15, 0.2) is 11.4 Å². The number of hydrogen-bond donors (Lipinski definition) is 2. The quantitative estimate of drug-likeness (QED) is 0.870. The van der Waals surface area contributed by atoms with Crippen molar-refractivity contribution in [2.75, 3.05) is 25.4 Å². The molecule has 0 saturated carbocycles. The van der Waals surface area contributed by atoms with Gasteiger partial charge >= 0.3 is 0 Å². The number of oxazole rings is 1. The molecule has 23 heavy (non-hydrogen) atoms. The normalized spacial score (nSPS) is 26.0. The molecule has 0 spiro atoms. The summed E-state index contributed by atoms with van der Waals surface area (Å²) < 4.78 is 18.7. The molecule has 5 rings (SSSR count). The number of nitrogens with zero attached hydrogens (tertiary/aromatic N) is 2. The Kier molecular flexibility index (Phi) is 4.16. The van der Waals surface area contributed by atoms with Crippen molar-refractivity contribution in [1.29, 1.82) is 0 Å². The highest BCUT2D eigenvalue weighted by Crippen LogP contribution is 2.28. The van der Waals surface area contributed by atoms with Crippen LogP contribution in [0, 0.1) is 11.7 Å². The van der Waals surface area contributed by atoms with Crippen LogP contribution in [0.1, 0.15) is 23.2 Å². The third kappa shape index (κ3) is 2.74. The second-order valence-corrected chi connectivity index (χ2v) is 6.04. The number of nitrogens with two attached hydrogens (primary N) is 1. The fourth-order valence-electron chi connectivity index (χ4n) is 3.55. The van der Waals surface area contributed by atoms with Gasteiger partial charge in [-0.25, -0.2) is 4.39 Å². The van der Waals surface area contributed by atoms with Crippen molar-refractivity contribution in [1.82, 2.24) is 15.2 Å². The Morgan fingerprint density at radius 2 is 2.13 bits per heavy atom. The van der Waals surface area contributed by atoms with Crippen LogP contribution in [-0.2, 0) is 0 Å².